The Morgan fingerprint density at radius 1 is 0.923 bits per heavy atom. The molecular weight excluding hydrogens is 334 g/mol. The van der Waals surface area contributed by atoms with Gasteiger partial charge in [-0.3, -0.25) is 0 Å². The SMILES string of the molecule is COc1cc2c(cc1O)CC[N+]1([O-])Cc3cc(OC)c(OC)cc3C[C@@H]21. The van der Waals surface area contributed by atoms with Crippen molar-refractivity contribution in [3.8, 4) is 23.0 Å². The molecule has 6 nitrogen and oxygen atoms in total. The van der Waals surface area contributed by atoms with Crippen LogP contribution in [0.4, 0.5) is 0 Å². The number of hydrogen-bond donors (Lipinski definition) is 1. The Morgan fingerprint density at radius 2 is 1.58 bits per heavy atom. The molecule has 2 aromatic carbocycles. The average molecular weight is 357 g/mol. The summed E-state index contributed by atoms with van der Waals surface area (Å²) in [6.45, 7) is 0.903. The van der Waals surface area contributed by atoms with E-state index < -0.39 is 0 Å². The van der Waals surface area contributed by atoms with Gasteiger partial charge in [0.05, 0.1) is 27.9 Å². The number of ether oxygens (including phenoxy) is 3. The van der Waals surface area contributed by atoms with Crippen LogP contribution >= 0.6 is 0 Å². The minimum absolute atomic E-state index is 0.125. The van der Waals surface area contributed by atoms with E-state index in [0.717, 1.165) is 22.3 Å². The normalized spacial score (nSPS) is 23.5. The Hall–Kier alpha value is -2.44. The highest BCUT2D eigenvalue weighted by Gasteiger charge is 2.41. The molecule has 2 atom stereocenters. The molecule has 0 radical (unpaired) electrons. The molecule has 138 valence electrons. The Morgan fingerprint density at radius 3 is 2.23 bits per heavy atom. The molecule has 6 heteroatoms. The highest BCUT2D eigenvalue weighted by Crippen LogP contribution is 2.47. The van der Waals surface area contributed by atoms with Gasteiger partial charge in [0, 0.05) is 24.0 Å². The van der Waals surface area contributed by atoms with Crippen LogP contribution in [-0.4, -0.2) is 37.6 Å². The van der Waals surface area contributed by atoms with Gasteiger partial charge in [0.15, 0.2) is 23.0 Å². The van der Waals surface area contributed by atoms with E-state index in [4.69, 9.17) is 14.2 Å². The van der Waals surface area contributed by atoms with E-state index in [9.17, 15) is 10.3 Å². The van der Waals surface area contributed by atoms with Crippen LogP contribution in [0.5, 0.6) is 23.0 Å². The van der Waals surface area contributed by atoms with Crippen molar-refractivity contribution in [3.05, 3.63) is 51.7 Å². The first kappa shape index (κ1) is 17.0. The summed E-state index contributed by atoms with van der Waals surface area (Å²) in [5, 5.41) is 23.7. The monoisotopic (exact) mass is 357 g/mol. The maximum Gasteiger partial charge on any atom is 0.161 e. The summed E-state index contributed by atoms with van der Waals surface area (Å²) in [4.78, 5) is 0. The van der Waals surface area contributed by atoms with Crippen molar-refractivity contribution in [1.29, 1.82) is 0 Å². The number of aromatic hydroxyl groups is 1. The number of methoxy groups -OCH3 is 3. The molecule has 2 heterocycles. The molecule has 0 saturated heterocycles. The maximum atomic E-state index is 13.6. The lowest BCUT2D eigenvalue weighted by Gasteiger charge is -2.54. The van der Waals surface area contributed by atoms with E-state index in [1.807, 2.05) is 18.2 Å². The van der Waals surface area contributed by atoms with Gasteiger partial charge in [-0.25, -0.2) is 0 Å². The molecule has 0 aromatic heterocycles. The van der Waals surface area contributed by atoms with Crippen LogP contribution in [0.1, 0.15) is 28.3 Å². The average Bonchev–Trinajstić information content (AvgIpc) is 2.64. The second kappa shape index (κ2) is 6.07. The van der Waals surface area contributed by atoms with E-state index in [1.54, 1.807) is 20.3 Å². The lowest BCUT2D eigenvalue weighted by Crippen LogP contribution is -2.52. The van der Waals surface area contributed by atoms with Crippen molar-refractivity contribution >= 4 is 0 Å². The van der Waals surface area contributed by atoms with Crippen LogP contribution in [0.3, 0.4) is 0 Å². The van der Waals surface area contributed by atoms with Crippen molar-refractivity contribution in [3.63, 3.8) is 0 Å². The smallest absolute Gasteiger partial charge is 0.161 e. The summed E-state index contributed by atoms with van der Waals surface area (Å²) in [7, 11) is 4.74. The van der Waals surface area contributed by atoms with Crippen molar-refractivity contribution < 1.29 is 24.0 Å². The fraction of sp³-hybridized carbons (Fsp3) is 0.400. The number of phenols is 1. The Labute approximate surface area is 152 Å². The molecule has 1 unspecified atom stereocenters. The van der Waals surface area contributed by atoms with Crippen LogP contribution in [0, 0.1) is 5.21 Å². The van der Waals surface area contributed by atoms with Crippen LogP contribution in [0.2, 0.25) is 0 Å². The van der Waals surface area contributed by atoms with Crippen LogP contribution in [0.15, 0.2) is 24.3 Å². The first-order chi connectivity index (χ1) is 12.5. The summed E-state index contributed by atoms with van der Waals surface area (Å²) in [5.74, 6) is 1.87. The molecule has 0 fully saturated rings. The number of hydrogen-bond acceptors (Lipinski definition) is 5. The quantitative estimate of drug-likeness (QED) is 0.675. The molecule has 0 saturated carbocycles. The van der Waals surface area contributed by atoms with E-state index >= 15 is 0 Å². The fourth-order valence-corrected chi connectivity index (χ4v) is 4.30. The Balaban J connectivity index is 1.81. The van der Waals surface area contributed by atoms with Crippen LogP contribution in [0.25, 0.3) is 0 Å². The Bertz CT molecular complexity index is 866. The lowest BCUT2D eigenvalue weighted by atomic mass is 9.83. The zero-order valence-corrected chi connectivity index (χ0v) is 15.2. The number of phenolic OH excluding ortho intramolecular Hbond substituents is 1. The maximum absolute atomic E-state index is 13.6. The highest BCUT2D eigenvalue weighted by atomic mass is 16.5. The third-order valence-electron chi connectivity index (χ3n) is 5.68. The molecule has 2 aromatic rings. The first-order valence-corrected chi connectivity index (χ1v) is 8.70. The molecule has 4 rings (SSSR count). The van der Waals surface area contributed by atoms with E-state index in [0.29, 0.717) is 43.2 Å². The van der Waals surface area contributed by atoms with Gasteiger partial charge in [0.1, 0.15) is 12.6 Å². The minimum Gasteiger partial charge on any atom is -0.632 e. The molecule has 0 aliphatic carbocycles. The van der Waals surface area contributed by atoms with Gasteiger partial charge in [-0.05, 0) is 35.4 Å². The van der Waals surface area contributed by atoms with Gasteiger partial charge >= 0.3 is 0 Å². The lowest BCUT2D eigenvalue weighted by molar-refractivity contribution is -0.928. The van der Waals surface area contributed by atoms with Crippen molar-refractivity contribution in [2.45, 2.75) is 25.4 Å². The number of quaternary nitrogens is 1. The molecule has 0 amide bonds. The molecule has 2 aliphatic heterocycles. The zero-order chi connectivity index (χ0) is 18.5. The first-order valence-electron chi connectivity index (χ1n) is 8.70. The second-order valence-corrected chi connectivity index (χ2v) is 7.00. The highest BCUT2D eigenvalue weighted by molar-refractivity contribution is 5.51. The van der Waals surface area contributed by atoms with Crippen molar-refractivity contribution in [2.24, 2.45) is 0 Å². The molecule has 2 aliphatic rings. The number of hydroxylamine groups is 3. The summed E-state index contributed by atoms with van der Waals surface area (Å²) in [6.07, 6.45) is 1.27. The van der Waals surface area contributed by atoms with E-state index in [-0.39, 0.29) is 16.4 Å². The van der Waals surface area contributed by atoms with E-state index in [1.165, 1.54) is 7.11 Å². The summed E-state index contributed by atoms with van der Waals surface area (Å²) in [5.41, 5.74) is 4.13. The third kappa shape index (κ3) is 2.48. The second-order valence-electron chi connectivity index (χ2n) is 7.00. The fourth-order valence-electron chi connectivity index (χ4n) is 4.30. The molecule has 0 spiro atoms. The van der Waals surface area contributed by atoms with Crippen molar-refractivity contribution in [2.75, 3.05) is 27.9 Å². The van der Waals surface area contributed by atoms with Gasteiger partial charge in [0.25, 0.3) is 0 Å². The molecule has 26 heavy (non-hydrogen) atoms. The van der Waals surface area contributed by atoms with Gasteiger partial charge in [0.2, 0.25) is 0 Å². The standard InChI is InChI=1S/C20H23NO5/c1-24-18-10-15-12(7-17(18)22)4-5-21(23)11-14-9-20(26-3)19(25-2)8-13(14)6-16(15)21/h7-10,16,22H,4-6,11H2,1-3H3/t16-,21?/m0/s1. The summed E-state index contributed by atoms with van der Waals surface area (Å²) in [6, 6.07) is 7.25. The van der Waals surface area contributed by atoms with Gasteiger partial charge in [-0.2, -0.15) is 0 Å². The number of rotatable bonds is 3. The zero-order valence-electron chi connectivity index (χ0n) is 15.2. The Kier molecular flexibility index (Phi) is 3.97. The predicted molar refractivity (Wildman–Crippen MR) is 96.6 cm³/mol. The molecule has 1 N–H and O–H groups in total. The minimum atomic E-state index is -0.288. The number of fused-ring (bicyclic) bond motifs is 4. The molecule has 0 bridgehead atoms. The topological polar surface area (TPSA) is 71.0 Å². The largest absolute Gasteiger partial charge is 0.632 e. The van der Waals surface area contributed by atoms with Crippen LogP contribution in [-0.2, 0) is 19.4 Å². The predicted octanol–water partition coefficient (Wildman–Crippen LogP) is 3.09. The summed E-state index contributed by atoms with van der Waals surface area (Å²) < 4.78 is 15.8. The number of nitrogens with zero attached hydrogens (tertiary/aromatic N) is 1. The van der Waals surface area contributed by atoms with Crippen molar-refractivity contribution in [1.82, 2.24) is 0 Å². The van der Waals surface area contributed by atoms with Gasteiger partial charge in [-0.15, -0.1) is 0 Å². The van der Waals surface area contributed by atoms with Crippen LogP contribution < -0.4 is 14.2 Å². The van der Waals surface area contributed by atoms with Gasteiger partial charge in [-0.1, -0.05) is 0 Å². The summed E-state index contributed by atoms with van der Waals surface area (Å²) >= 11 is 0. The number of benzene rings is 2. The van der Waals surface area contributed by atoms with E-state index in [2.05, 4.69) is 0 Å². The third-order valence-corrected chi connectivity index (χ3v) is 5.68. The molecular formula is C20H23NO5. The van der Waals surface area contributed by atoms with Gasteiger partial charge < -0.3 is 29.2 Å².